The second-order valence-corrected chi connectivity index (χ2v) is 6.50. The second kappa shape index (κ2) is 9.60. The number of carbonyl (C=O) groups is 1. The number of ether oxygens (including phenoxy) is 1. The van der Waals surface area contributed by atoms with Crippen LogP contribution >= 0.6 is 0 Å². The standard InChI is InChI=1S/C22H26N4O2/c1-3-28-21-10-5-4-9-20(21)15-25-22(27)24-14-18-7-6-8-19(13-18)16-26-12-11-23-17(26)2/h4-13H,3,14-16H2,1-2H3,(H2,24,25,27). The molecule has 0 bridgehead atoms. The number of urea groups is 1. The summed E-state index contributed by atoms with van der Waals surface area (Å²) in [5, 5.41) is 5.79. The highest BCUT2D eigenvalue weighted by Gasteiger charge is 2.06. The first-order valence-electron chi connectivity index (χ1n) is 9.43. The third-order valence-electron chi connectivity index (χ3n) is 4.43. The summed E-state index contributed by atoms with van der Waals surface area (Å²) in [4.78, 5) is 16.4. The highest BCUT2D eigenvalue weighted by Crippen LogP contribution is 2.17. The fourth-order valence-corrected chi connectivity index (χ4v) is 2.97. The van der Waals surface area contributed by atoms with Crippen LogP contribution in [0.3, 0.4) is 0 Å². The van der Waals surface area contributed by atoms with Crippen molar-refractivity contribution in [3.63, 3.8) is 0 Å². The molecule has 0 spiro atoms. The Morgan fingerprint density at radius 3 is 2.64 bits per heavy atom. The lowest BCUT2D eigenvalue weighted by molar-refractivity contribution is 0.240. The first kappa shape index (κ1) is 19.5. The first-order chi connectivity index (χ1) is 13.7. The van der Waals surface area contributed by atoms with Crippen LogP contribution in [0, 0.1) is 6.92 Å². The van der Waals surface area contributed by atoms with E-state index >= 15 is 0 Å². The lowest BCUT2D eigenvalue weighted by Crippen LogP contribution is -2.34. The normalized spacial score (nSPS) is 10.5. The van der Waals surface area contributed by atoms with Gasteiger partial charge in [-0.2, -0.15) is 0 Å². The van der Waals surface area contributed by atoms with Gasteiger partial charge in [-0.15, -0.1) is 0 Å². The van der Waals surface area contributed by atoms with Crippen LogP contribution in [-0.4, -0.2) is 22.2 Å². The molecule has 0 aliphatic rings. The van der Waals surface area contributed by atoms with E-state index in [-0.39, 0.29) is 6.03 Å². The van der Waals surface area contributed by atoms with Gasteiger partial charge in [0.25, 0.3) is 0 Å². The van der Waals surface area contributed by atoms with E-state index in [2.05, 4.69) is 32.3 Å². The van der Waals surface area contributed by atoms with Crippen LogP contribution in [0.15, 0.2) is 60.9 Å². The van der Waals surface area contributed by atoms with Gasteiger partial charge in [-0.25, -0.2) is 9.78 Å². The Morgan fingerprint density at radius 2 is 1.86 bits per heavy atom. The van der Waals surface area contributed by atoms with E-state index in [1.54, 1.807) is 6.20 Å². The topological polar surface area (TPSA) is 68.2 Å². The molecule has 0 aliphatic carbocycles. The van der Waals surface area contributed by atoms with Gasteiger partial charge in [0.15, 0.2) is 0 Å². The Morgan fingerprint density at radius 1 is 1.07 bits per heavy atom. The van der Waals surface area contributed by atoms with Gasteiger partial charge in [0, 0.05) is 37.6 Å². The highest BCUT2D eigenvalue weighted by molar-refractivity contribution is 5.73. The van der Waals surface area contributed by atoms with Crippen LogP contribution < -0.4 is 15.4 Å². The van der Waals surface area contributed by atoms with Crippen LogP contribution in [0.5, 0.6) is 5.75 Å². The minimum atomic E-state index is -0.206. The number of amides is 2. The average molecular weight is 378 g/mol. The van der Waals surface area contributed by atoms with Gasteiger partial charge in [-0.1, -0.05) is 42.5 Å². The number of aryl methyl sites for hydroxylation is 1. The van der Waals surface area contributed by atoms with Crippen molar-refractivity contribution in [3.8, 4) is 5.75 Å². The molecule has 0 atom stereocenters. The molecule has 0 unspecified atom stereocenters. The summed E-state index contributed by atoms with van der Waals surface area (Å²) < 4.78 is 7.68. The smallest absolute Gasteiger partial charge is 0.315 e. The molecule has 3 rings (SSSR count). The highest BCUT2D eigenvalue weighted by atomic mass is 16.5. The van der Waals surface area contributed by atoms with Gasteiger partial charge < -0.3 is 19.9 Å². The summed E-state index contributed by atoms with van der Waals surface area (Å²) in [7, 11) is 0. The maximum Gasteiger partial charge on any atom is 0.315 e. The van der Waals surface area contributed by atoms with Gasteiger partial charge in [-0.3, -0.25) is 0 Å². The molecule has 6 heteroatoms. The van der Waals surface area contributed by atoms with Crippen LogP contribution in [0.1, 0.15) is 29.4 Å². The number of hydrogen-bond acceptors (Lipinski definition) is 3. The third-order valence-corrected chi connectivity index (χ3v) is 4.43. The predicted molar refractivity (Wildman–Crippen MR) is 109 cm³/mol. The molecule has 6 nitrogen and oxygen atoms in total. The molecule has 0 saturated heterocycles. The Labute approximate surface area is 165 Å². The summed E-state index contributed by atoms with van der Waals surface area (Å²) in [5.41, 5.74) is 3.18. The fourth-order valence-electron chi connectivity index (χ4n) is 2.97. The van der Waals surface area contributed by atoms with Crippen LogP contribution in [0.25, 0.3) is 0 Å². The maximum atomic E-state index is 12.2. The van der Waals surface area contributed by atoms with Crippen molar-refractivity contribution in [1.29, 1.82) is 0 Å². The van der Waals surface area contributed by atoms with Crippen molar-refractivity contribution in [2.75, 3.05) is 6.61 Å². The minimum absolute atomic E-state index is 0.206. The summed E-state index contributed by atoms with van der Waals surface area (Å²) in [6, 6.07) is 15.7. The second-order valence-electron chi connectivity index (χ2n) is 6.50. The monoisotopic (exact) mass is 378 g/mol. The van der Waals surface area contributed by atoms with Gasteiger partial charge >= 0.3 is 6.03 Å². The summed E-state index contributed by atoms with van der Waals surface area (Å²) >= 11 is 0. The zero-order valence-corrected chi connectivity index (χ0v) is 16.3. The molecule has 28 heavy (non-hydrogen) atoms. The molecule has 1 aromatic heterocycles. The Balaban J connectivity index is 1.51. The van der Waals surface area contributed by atoms with Crippen molar-refractivity contribution in [2.45, 2.75) is 33.5 Å². The predicted octanol–water partition coefficient (Wildman–Crippen LogP) is 3.64. The third kappa shape index (κ3) is 5.36. The van der Waals surface area contributed by atoms with E-state index in [0.717, 1.165) is 29.2 Å². The number of rotatable bonds is 8. The zero-order valence-electron chi connectivity index (χ0n) is 16.3. The van der Waals surface area contributed by atoms with Crippen LogP contribution in [0.2, 0.25) is 0 Å². The van der Waals surface area contributed by atoms with E-state index in [0.29, 0.717) is 19.7 Å². The van der Waals surface area contributed by atoms with Crippen molar-refractivity contribution < 1.29 is 9.53 Å². The average Bonchev–Trinajstić information content (AvgIpc) is 3.11. The number of benzene rings is 2. The van der Waals surface area contributed by atoms with Crippen molar-refractivity contribution in [3.05, 3.63) is 83.4 Å². The van der Waals surface area contributed by atoms with Gasteiger partial charge in [0.05, 0.1) is 6.61 Å². The number of imidazole rings is 1. The van der Waals surface area contributed by atoms with Crippen molar-refractivity contribution in [2.24, 2.45) is 0 Å². The van der Waals surface area contributed by atoms with Gasteiger partial charge in [0.2, 0.25) is 0 Å². The maximum absolute atomic E-state index is 12.2. The number of nitrogens with zero attached hydrogens (tertiary/aromatic N) is 2. The Bertz CT molecular complexity index is 920. The van der Waals surface area contributed by atoms with E-state index in [1.165, 1.54) is 5.56 Å². The van der Waals surface area contributed by atoms with E-state index in [4.69, 9.17) is 4.74 Å². The molecule has 1 heterocycles. The number of aromatic nitrogens is 2. The quantitative estimate of drug-likeness (QED) is 0.629. The zero-order chi connectivity index (χ0) is 19.8. The summed E-state index contributed by atoms with van der Waals surface area (Å²) in [6.45, 7) is 6.18. The molecule has 2 aromatic carbocycles. The first-order valence-corrected chi connectivity index (χ1v) is 9.43. The molecule has 2 N–H and O–H groups in total. The number of para-hydroxylation sites is 1. The molecular formula is C22H26N4O2. The Hall–Kier alpha value is -3.28. The number of nitrogens with one attached hydrogen (secondary N) is 2. The lowest BCUT2D eigenvalue weighted by atomic mass is 10.1. The molecule has 0 fully saturated rings. The van der Waals surface area contributed by atoms with Crippen LogP contribution in [-0.2, 0) is 19.6 Å². The lowest BCUT2D eigenvalue weighted by Gasteiger charge is -2.12. The Kier molecular flexibility index (Phi) is 6.68. The summed E-state index contributed by atoms with van der Waals surface area (Å²) in [5.74, 6) is 1.78. The van der Waals surface area contributed by atoms with Gasteiger partial charge in [0.1, 0.15) is 11.6 Å². The van der Waals surface area contributed by atoms with Crippen molar-refractivity contribution in [1.82, 2.24) is 20.2 Å². The number of carbonyl (C=O) groups excluding carboxylic acids is 1. The SMILES string of the molecule is CCOc1ccccc1CNC(=O)NCc1cccc(Cn2ccnc2C)c1. The molecule has 2 amide bonds. The molecule has 0 saturated carbocycles. The minimum Gasteiger partial charge on any atom is -0.494 e. The molecule has 146 valence electrons. The molecule has 0 aliphatic heterocycles. The van der Waals surface area contributed by atoms with Crippen molar-refractivity contribution >= 4 is 6.03 Å². The number of hydrogen-bond donors (Lipinski definition) is 2. The van der Waals surface area contributed by atoms with E-state index in [1.807, 2.05) is 56.4 Å². The molecular weight excluding hydrogens is 352 g/mol. The van der Waals surface area contributed by atoms with E-state index < -0.39 is 0 Å². The molecule has 3 aromatic rings. The van der Waals surface area contributed by atoms with Crippen LogP contribution in [0.4, 0.5) is 4.79 Å². The van der Waals surface area contributed by atoms with Gasteiger partial charge in [-0.05, 0) is 31.0 Å². The summed E-state index contributed by atoms with van der Waals surface area (Å²) in [6.07, 6.45) is 3.77. The largest absolute Gasteiger partial charge is 0.494 e. The van der Waals surface area contributed by atoms with E-state index in [9.17, 15) is 4.79 Å². The fraction of sp³-hybridized carbons (Fsp3) is 0.273. The molecule has 0 radical (unpaired) electrons.